The molecular formula is C24H21BrN2O5. The van der Waals surface area contributed by atoms with Crippen molar-refractivity contribution in [3.8, 4) is 17.2 Å². The number of hydrazone groups is 1. The highest BCUT2D eigenvalue weighted by atomic mass is 79.9. The summed E-state index contributed by atoms with van der Waals surface area (Å²) < 4.78 is 16.8. The van der Waals surface area contributed by atoms with Crippen molar-refractivity contribution in [2.45, 2.75) is 6.92 Å². The molecule has 3 rings (SSSR count). The van der Waals surface area contributed by atoms with Crippen LogP contribution in [0.3, 0.4) is 0 Å². The van der Waals surface area contributed by atoms with Gasteiger partial charge in [0.25, 0.3) is 5.91 Å². The van der Waals surface area contributed by atoms with Gasteiger partial charge in [-0.3, -0.25) is 4.79 Å². The van der Waals surface area contributed by atoms with Gasteiger partial charge in [-0.25, -0.2) is 10.2 Å². The second-order valence-electron chi connectivity index (χ2n) is 6.43. The van der Waals surface area contributed by atoms with Gasteiger partial charge in [0.05, 0.1) is 31.1 Å². The standard InChI is InChI=1S/C24H21BrN2O5/c1-3-31-22-13-10-18(25)14-20(22)23(28)27-26-15-17-6-4-5-7-21(17)32-24(29)16-8-11-19(30-2)12-9-16/h4-15H,3H2,1-2H3,(H,27,28)/b26-15-. The highest BCUT2D eigenvalue weighted by molar-refractivity contribution is 9.10. The van der Waals surface area contributed by atoms with E-state index in [4.69, 9.17) is 14.2 Å². The third-order valence-electron chi connectivity index (χ3n) is 4.30. The molecule has 1 N–H and O–H groups in total. The number of amides is 1. The lowest BCUT2D eigenvalue weighted by molar-refractivity contribution is 0.0734. The molecule has 0 heterocycles. The maximum absolute atomic E-state index is 12.6. The normalized spacial score (nSPS) is 10.6. The lowest BCUT2D eigenvalue weighted by atomic mass is 10.2. The molecule has 1 amide bonds. The SMILES string of the molecule is CCOc1ccc(Br)cc1C(=O)N/N=C\c1ccccc1OC(=O)c1ccc(OC)cc1. The third-order valence-corrected chi connectivity index (χ3v) is 4.80. The highest BCUT2D eigenvalue weighted by Gasteiger charge is 2.14. The van der Waals surface area contributed by atoms with Crippen molar-refractivity contribution in [1.29, 1.82) is 0 Å². The van der Waals surface area contributed by atoms with Crippen LogP contribution in [0.2, 0.25) is 0 Å². The Morgan fingerprint density at radius 1 is 1.03 bits per heavy atom. The van der Waals surface area contributed by atoms with Crippen LogP contribution in [0.25, 0.3) is 0 Å². The number of methoxy groups -OCH3 is 1. The summed E-state index contributed by atoms with van der Waals surface area (Å²) in [5.41, 5.74) is 3.72. The molecule has 7 nitrogen and oxygen atoms in total. The molecule has 0 fully saturated rings. The van der Waals surface area contributed by atoms with Gasteiger partial charge in [-0.05, 0) is 61.5 Å². The Labute approximate surface area is 194 Å². The molecular weight excluding hydrogens is 476 g/mol. The van der Waals surface area contributed by atoms with Gasteiger partial charge < -0.3 is 14.2 Å². The van der Waals surface area contributed by atoms with Crippen molar-refractivity contribution >= 4 is 34.0 Å². The first kappa shape index (κ1) is 23.0. The van der Waals surface area contributed by atoms with Crippen molar-refractivity contribution < 1.29 is 23.8 Å². The number of hydrogen-bond acceptors (Lipinski definition) is 6. The van der Waals surface area contributed by atoms with E-state index in [-0.39, 0.29) is 0 Å². The molecule has 0 saturated heterocycles. The van der Waals surface area contributed by atoms with Gasteiger partial charge in [0.2, 0.25) is 0 Å². The summed E-state index contributed by atoms with van der Waals surface area (Å²) in [6.07, 6.45) is 1.41. The number of nitrogens with zero attached hydrogens (tertiary/aromatic N) is 1. The minimum atomic E-state index is -0.520. The molecule has 0 unspecified atom stereocenters. The Morgan fingerprint density at radius 3 is 2.50 bits per heavy atom. The number of para-hydroxylation sites is 1. The summed E-state index contributed by atoms with van der Waals surface area (Å²) in [6.45, 7) is 2.27. The molecule has 0 aliphatic rings. The number of nitrogens with one attached hydrogen (secondary N) is 1. The molecule has 0 aliphatic carbocycles. The van der Waals surface area contributed by atoms with E-state index < -0.39 is 11.9 Å². The Hall–Kier alpha value is -3.65. The molecule has 0 radical (unpaired) electrons. The summed E-state index contributed by atoms with van der Waals surface area (Å²) in [6, 6.07) is 18.6. The van der Waals surface area contributed by atoms with E-state index in [1.807, 2.05) is 6.92 Å². The first-order chi connectivity index (χ1) is 15.5. The minimum absolute atomic E-state index is 0.309. The van der Waals surface area contributed by atoms with Gasteiger partial charge >= 0.3 is 5.97 Å². The summed E-state index contributed by atoms with van der Waals surface area (Å²) in [7, 11) is 1.55. The van der Waals surface area contributed by atoms with Crippen molar-refractivity contribution in [3.05, 3.63) is 87.9 Å². The number of ether oxygens (including phenoxy) is 3. The lowest BCUT2D eigenvalue weighted by Gasteiger charge is -2.09. The first-order valence-electron chi connectivity index (χ1n) is 9.72. The van der Waals surface area contributed by atoms with E-state index in [9.17, 15) is 9.59 Å². The average molecular weight is 497 g/mol. The second-order valence-corrected chi connectivity index (χ2v) is 7.34. The number of halogens is 1. The Morgan fingerprint density at radius 2 is 1.78 bits per heavy atom. The predicted octanol–water partition coefficient (Wildman–Crippen LogP) is 4.84. The Balaban J connectivity index is 1.71. The van der Waals surface area contributed by atoms with Crippen LogP contribution in [-0.2, 0) is 0 Å². The number of hydrogen-bond donors (Lipinski definition) is 1. The quantitative estimate of drug-likeness (QED) is 0.208. The van der Waals surface area contributed by atoms with Crippen molar-refractivity contribution in [1.82, 2.24) is 5.43 Å². The zero-order chi connectivity index (χ0) is 22.9. The molecule has 0 bridgehead atoms. The number of carbonyl (C=O) groups is 2. The van der Waals surface area contributed by atoms with Crippen molar-refractivity contribution in [2.24, 2.45) is 5.10 Å². The minimum Gasteiger partial charge on any atom is -0.497 e. The van der Waals surface area contributed by atoms with Crippen LogP contribution in [0.15, 0.2) is 76.3 Å². The van der Waals surface area contributed by atoms with E-state index >= 15 is 0 Å². The van der Waals surface area contributed by atoms with Crippen LogP contribution in [0, 0.1) is 0 Å². The molecule has 0 atom stereocenters. The van der Waals surface area contributed by atoms with E-state index in [1.54, 1.807) is 73.8 Å². The van der Waals surface area contributed by atoms with Crippen LogP contribution >= 0.6 is 15.9 Å². The molecule has 0 saturated carbocycles. The van der Waals surface area contributed by atoms with Crippen molar-refractivity contribution in [3.63, 3.8) is 0 Å². The van der Waals surface area contributed by atoms with E-state index in [0.29, 0.717) is 40.5 Å². The monoisotopic (exact) mass is 496 g/mol. The van der Waals surface area contributed by atoms with Gasteiger partial charge in [0.1, 0.15) is 17.2 Å². The zero-order valence-electron chi connectivity index (χ0n) is 17.5. The van der Waals surface area contributed by atoms with Crippen LogP contribution in [-0.4, -0.2) is 31.8 Å². The maximum atomic E-state index is 12.6. The molecule has 0 spiro atoms. The van der Waals surface area contributed by atoms with Crippen LogP contribution in [0.5, 0.6) is 17.2 Å². The van der Waals surface area contributed by atoms with E-state index in [1.165, 1.54) is 6.21 Å². The number of benzene rings is 3. The molecule has 32 heavy (non-hydrogen) atoms. The van der Waals surface area contributed by atoms with Gasteiger partial charge in [-0.15, -0.1) is 0 Å². The fraction of sp³-hybridized carbons (Fsp3) is 0.125. The summed E-state index contributed by atoms with van der Waals surface area (Å²) >= 11 is 3.35. The summed E-state index contributed by atoms with van der Waals surface area (Å²) in [4.78, 5) is 25.0. The third kappa shape index (κ3) is 5.95. The number of esters is 1. The number of rotatable bonds is 8. The van der Waals surface area contributed by atoms with Gasteiger partial charge in [0, 0.05) is 10.0 Å². The topological polar surface area (TPSA) is 86.2 Å². The lowest BCUT2D eigenvalue weighted by Crippen LogP contribution is -2.19. The van der Waals surface area contributed by atoms with E-state index in [2.05, 4.69) is 26.5 Å². The van der Waals surface area contributed by atoms with Crippen LogP contribution < -0.4 is 19.6 Å². The summed E-state index contributed by atoms with van der Waals surface area (Å²) in [5.74, 6) is 0.454. The van der Waals surface area contributed by atoms with Crippen LogP contribution in [0.4, 0.5) is 0 Å². The first-order valence-corrected chi connectivity index (χ1v) is 10.5. The smallest absolute Gasteiger partial charge is 0.343 e. The zero-order valence-corrected chi connectivity index (χ0v) is 19.1. The molecule has 3 aromatic carbocycles. The molecule has 3 aromatic rings. The molecule has 164 valence electrons. The van der Waals surface area contributed by atoms with E-state index in [0.717, 1.165) is 4.47 Å². The molecule has 0 aromatic heterocycles. The Bertz CT molecular complexity index is 1130. The van der Waals surface area contributed by atoms with Gasteiger partial charge in [-0.1, -0.05) is 28.1 Å². The number of carbonyl (C=O) groups excluding carboxylic acids is 2. The van der Waals surface area contributed by atoms with Gasteiger partial charge in [0.15, 0.2) is 0 Å². The van der Waals surface area contributed by atoms with Gasteiger partial charge in [-0.2, -0.15) is 5.10 Å². The summed E-state index contributed by atoms with van der Waals surface area (Å²) in [5, 5.41) is 4.01. The van der Waals surface area contributed by atoms with Crippen LogP contribution in [0.1, 0.15) is 33.2 Å². The maximum Gasteiger partial charge on any atom is 0.343 e. The molecule has 0 aliphatic heterocycles. The molecule has 8 heteroatoms. The predicted molar refractivity (Wildman–Crippen MR) is 125 cm³/mol. The average Bonchev–Trinajstić information content (AvgIpc) is 2.81. The highest BCUT2D eigenvalue weighted by Crippen LogP contribution is 2.23. The fourth-order valence-electron chi connectivity index (χ4n) is 2.75. The fourth-order valence-corrected chi connectivity index (χ4v) is 3.11. The Kier molecular flexibility index (Phi) is 7.99. The van der Waals surface area contributed by atoms with Crippen molar-refractivity contribution in [2.75, 3.05) is 13.7 Å². The second kappa shape index (κ2) is 11.1. The largest absolute Gasteiger partial charge is 0.497 e.